The monoisotopic (exact) mass is 689 g/mol. The summed E-state index contributed by atoms with van der Waals surface area (Å²) in [5.41, 5.74) is 14.4. The molecule has 2 nitrogen and oxygen atoms in total. The second-order valence-electron chi connectivity index (χ2n) is 13.7. The van der Waals surface area contributed by atoms with Crippen LogP contribution in [0.4, 0.5) is 17.1 Å². The first-order chi connectivity index (χ1) is 26.8. The summed E-state index contributed by atoms with van der Waals surface area (Å²) in [5, 5.41) is 4.61. The predicted molar refractivity (Wildman–Crippen MR) is 228 cm³/mol. The van der Waals surface area contributed by atoms with Crippen LogP contribution in [-0.4, -0.2) is 0 Å². The van der Waals surface area contributed by atoms with Crippen molar-refractivity contribution in [1.82, 2.24) is 0 Å². The highest BCUT2D eigenvalue weighted by Crippen LogP contribution is 2.46. The lowest BCUT2D eigenvalue weighted by Gasteiger charge is -2.28. The summed E-state index contributed by atoms with van der Waals surface area (Å²) in [7, 11) is 0. The van der Waals surface area contributed by atoms with Crippen LogP contribution in [0.3, 0.4) is 0 Å². The van der Waals surface area contributed by atoms with E-state index in [1.165, 1.54) is 44.2 Å². The van der Waals surface area contributed by atoms with Gasteiger partial charge in [0.05, 0.1) is 5.69 Å². The van der Waals surface area contributed by atoms with Crippen molar-refractivity contribution in [3.05, 3.63) is 212 Å². The minimum Gasteiger partial charge on any atom is -0.456 e. The molecule has 0 aliphatic heterocycles. The molecular formula is C52H35NO. The second kappa shape index (κ2) is 13.4. The Labute approximate surface area is 314 Å². The standard InChI is InChI=1S/C52H35NO/c1-3-13-36(14-4-1)38-25-27-39(28-26-38)40-29-31-44(32-30-40)53(45-20-11-19-41(33-45)37-15-5-2-6-16-37)49-23-10-9-21-46(49)47-22-12-24-50-52(47)48-34-42-17-7-8-18-43(42)35-51(48)54-50/h1-35H. The van der Waals surface area contributed by atoms with E-state index in [9.17, 15) is 0 Å². The molecule has 0 N–H and O–H groups in total. The highest BCUT2D eigenvalue weighted by atomic mass is 16.3. The highest BCUT2D eigenvalue weighted by Gasteiger charge is 2.21. The number of nitrogens with zero attached hydrogens (tertiary/aromatic N) is 1. The molecule has 0 aliphatic rings. The number of hydrogen-bond donors (Lipinski definition) is 0. The van der Waals surface area contributed by atoms with Gasteiger partial charge in [-0.25, -0.2) is 0 Å². The van der Waals surface area contributed by atoms with Gasteiger partial charge >= 0.3 is 0 Å². The largest absolute Gasteiger partial charge is 0.456 e. The first-order valence-corrected chi connectivity index (χ1v) is 18.4. The van der Waals surface area contributed by atoms with Gasteiger partial charge in [0.15, 0.2) is 0 Å². The zero-order chi connectivity index (χ0) is 35.8. The molecule has 0 unspecified atom stereocenters. The minimum absolute atomic E-state index is 0.882. The van der Waals surface area contributed by atoms with Gasteiger partial charge in [-0.1, -0.05) is 164 Å². The quantitative estimate of drug-likeness (QED) is 0.166. The summed E-state index contributed by atoms with van der Waals surface area (Å²) in [6.45, 7) is 0. The van der Waals surface area contributed by atoms with E-state index < -0.39 is 0 Å². The molecule has 0 atom stereocenters. The molecule has 10 rings (SSSR count). The minimum atomic E-state index is 0.882. The van der Waals surface area contributed by atoms with Crippen LogP contribution in [0, 0.1) is 0 Å². The van der Waals surface area contributed by atoms with E-state index in [1.807, 2.05) is 0 Å². The second-order valence-corrected chi connectivity index (χ2v) is 13.7. The van der Waals surface area contributed by atoms with Crippen LogP contribution in [-0.2, 0) is 0 Å². The molecule has 54 heavy (non-hydrogen) atoms. The van der Waals surface area contributed by atoms with Crippen molar-refractivity contribution in [2.24, 2.45) is 0 Å². The zero-order valence-corrected chi connectivity index (χ0v) is 29.6. The molecule has 2 heteroatoms. The summed E-state index contributed by atoms with van der Waals surface area (Å²) in [5.74, 6) is 0. The van der Waals surface area contributed by atoms with E-state index >= 15 is 0 Å². The summed E-state index contributed by atoms with van der Waals surface area (Å²) in [6, 6.07) is 75.9. The van der Waals surface area contributed by atoms with E-state index in [2.05, 4.69) is 217 Å². The Morgan fingerprint density at radius 2 is 0.833 bits per heavy atom. The maximum atomic E-state index is 6.53. The van der Waals surface area contributed by atoms with Crippen LogP contribution >= 0.6 is 0 Å². The maximum absolute atomic E-state index is 6.53. The first-order valence-electron chi connectivity index (χ1n) is 18.4. The summed E-state index contributed by atoms with van der Waals surface area (Å²) < 4.78 is 6.53. The summed E-state index contributed by atoms with van der Waals surface area (Å²) >= 11 is 0. The average molecular weight is 690 g/mol. The van der Waals surface area contributed by atoms with Gasteiger partial charge in [-0.3, -0.25) is 0 Å². The van der Waals surface area contributed by atoms with Gasteiger partial charge < -0.3 is 9.32 Å². The third-order valence-electron chi connectivity index (χ3n) is 10.5. The number of furan rings is 1. The van der Waals surface area contributed by atoms with Crippen molar-refractivity contribution in [2.45, 2.75) is 0 Å². The number of rotatable bonds is 7. The predicted octanol–water partition coefficient (Wildman–Crippen LogP) is 14.9. The van der Waals surface area contributed by atoms with E-state index in [4.69, 9.17) is 4.42 Å². The van der Waals surface area contributed by atoms with Crippen LogP contribution in [0.5, 0.6) is 0 Å². The molecule has 254 valence electrons. The van der Waals surface area contributed by atoms with E-state index in [1.54, 1.807) is 0 Å². The fourth-order valence-electron chi connectivity index (χ4n) is 7.80. The van der Waals surface area contributed by atoms with Crippen LogP contribution < -0.4 is 4.90 Å². The van der Waals surface area contributed by atoms with Crippen molar-refractivity contribution >= 4 is 49.8 Å². The summed E-state index contributed by atoms with van der Waals surface area (Å²) in [4.78, 5) is 2.39. The molecule has 0 fully saturated rings. The fraction of sp³-hybridized carbons (Fsp3) is 0. The average Bonchev–Trinajstić information content (AvgIpc) is 3.62. The first kappa shape index (κ1) is 31.6. The number of hydrogen-bond acceptors (Lipinski definition) is 2. The maximum Gasteiger partial charge on any atom is 0.136 e. The lowest BCUT2D eigenvalue weighted by Crippen LogP contribution is -2.11. The van der Waals surface area contributed by atoms with Crippen molar-refractivity contribution in [3.8, 4) is 44.5 Å². The van der Waals surface area contributed by atoms with Crippen LogP contribution in [0.15, 0.2) is 217 Å². The van der Waals surface area contributed by atoms with Crippen molar-refractivity contribution < 1.29 is 4.42 Å². The third-order valence-corrected chi connectivity index (χ3v) is 10.5. The van der Waals surface area contributed by atoms with Gasteiger partial charge in [-0.2, -0.15) is 0 Å². The molecule has 1 aromatic heterocycles. The number of anilines is 3. The Morgan fingerprint density at radius 3 is 1.54 bits per heavy atom. The normalized spacial score (nSPS) is 11.3. The molecule has 0 spiro atoms. The lowest BCUT2D eigenvalue weighted by atomic mass is 9.95. The topological polar surface area (TPSA) is 16.4 Å². The number of fused-ring (bicyclic) bond motifs is 4. The van der Waals surface area contributed by atoms with Crippen molar-refractivity contribution in [1.29, 1.82) is 0 Å². The lowest BCUT2D eigenvalue weighted by molar-refractivity contribution is 0.669. The molecule has 0 amide bonds. The van der Waals surface area contributed by atoms with Gasteiger partial charge in [0.2, 0.25) is 0 Å². The van der Waals surface area contributed by atoms with Crippen LogP contribution in [0.2, 0.25) is 0 Å². The van der Waals surface area contributed by atoms with E-state index in [0.717, 1.165) is 50.1 Å². The van der Waals surface area contributed by atoms with Crippen molar-refractivity contribution in [2.75, 3.05) is 4.90 Å². The summed E-state index contributed by atoms with van der Waals surface area (Å²) in [6.07, 6.45) is 0. The highest BCUT2D eigenvalue weighted by molar-refractivity contribution is 6.16. The van der Waals surface area contributed by atoms with E-state index in [0.29, 0.717) is 0 Å². The van der Waals surface area contributed by atoms with Gasteiger partial charge in [-0.05, 0) is 98.2 Å². The molecule has 0 radical (unpaired) electrons. The van der Waals surface area contributed by atoms with Crippen LogP contribution in [0.1, 0.15) is 0 Å². The Bertz CT molecular complexity index is 2910. The van der Waals surface area contributed by atoms with Gasteiger partial charge in [0.25, 0.3) is 0 Å². The molecular weight excluding hydrogens is 655 g/mol. The van der Waals surface area contributed by atoms with E-state index in [-0.39, 0.29) is 0 Å². The smallest absolute Gasteiger partial charge is 0.136 e. The molecule has 0 bridgehead atoms. The Kier molecular flexibility index (Phi) is 7.85. The molecule has 10 aromatic rings. The van der Waals surface area contributed by atoms with Gasteiger partial charge in [0, 0.05) is 27.7 Å². The number of para-hydroxylation sites is 1. The Morgan fingerprint density at radius 1 is 0.315 bits per heavy atom. The SMILES string of the molecule is c1ccc(-c2ccc(-c3ccc(N(c4cccc(-c5ccccc5)c4)c4ccccc4-c4cccc5oc6cc7ccccc7cc6c45)cc3)cc2)cc1. The molecule has 0 aliphatic carbocycles. The third kappa shape index (κ3) is 5.71. The number of benzene rings is 9. The van der Waals surface area contributed by atoms with Crippen LogP contribution in [0.25, 0.3) is 77.2 Å². The van der Waals surface area contributed by atoms with Gasteiger partial charge in [-0.15, -0.1) is 0 Å². The van der Waals surface area contributed by atoms with Crippen molar-refractivity contribution in [3.63, 3.8) is 0 Å². The molecule has 1 heterocycles. The molecule has 0 saturated carbocycles. The van der Waals surface area contributed by atoms with Gasteiger partial charge in [0.1, 0.15) is 11.2 Å². The fourth-order valence-corrected chi connectivity index (χ4v) is 7.80. The Balaban J connectivity index is 1.13. The zero-order valence-electron chi connectivity index (χ0n) is 29.6. The molecule has 0 saturated heterocycles. The molecule has 9 aromatic carbocycles. The Hall–Kier alpha value is -7.16.